The normalized spacial score (nSPS) is 12.5. The standard InChI is InChI=1S/C18H22N4O3/c1-11-5-6-12(2)17(14(11)4)25-9-15(23)8-21-13(3)7-16(24)22-18(21)19-10-20-22/h5-7,10,15,23H,8-9H2,1-4H3/t15-/m0/s1. The maximum Gasteiger partial charge on any atom is 0.275 e. The van der Waals surface area contributed by atoms with Crippen molar-refractivity contribution in [3.05, 3.63) is 57.3 Å². The van der Waals surface area contributed by atoms with Gasteiger partial charge in [-0.15, -0.1) is 0 Å². The molecule has 7 nitrogen and oxygen atoms in total. The first kappa shape index (κ1) is 17.2. The Balaban J connectivity index is 1.78. The summed E-state index contributed by atoms with van der Waals surface area (Å²) in [5.74, 6) is 1.22. The third kappa shape index (κ3) is 3.28. The topological polar surface area (TPSA) is 81.7 Å². The van der Waals surface area contributed by atoms with E-state index in [-0.39, 0.29) is 18.7 Å². The van der Waals surface area contributed by atoms with Gasteiger partial charge in [0.1, 0.15) is 24.8 Å². The summed E-state index contributed by atoms with van der Waals surface area (Å²) in [5.41, 5.74) is 3.74. The molecular formula is C18H22N4O3. The Morgan fingerprint density at radius 1 is 1.20 bits per heavy atom. The van der Waals surface area contributed by atoms with Crippen LogP contribution >= 0.6 is 0 Å². The third-order valence-electron chi connectivity index (χ3n) is 4.43. The van der Waals surface area contributed by atoms with E-state index in [1.807, 2.05) is 26.8 Å². The zero-order valence-corrected chi connectivity index (χ0v) is 14.9. The highest BCUT2D eigenvalue weighted by Gasteiger charge is 2.14. The summed E-state index contributed by atoms with van der Waals surface area (Å²) >= 11 is 0. The molecule has 2 heterocycles. The maximum absolute atomic E-state index is 11.9. The average molecular weight is 342 g/mol. The first-order valence-corrected chi connectivity index (χ1v) is 8.16. The second kappa shape index (κ2) is 6.68. The predicted molar refractivity (Wildman–Crippen MR) is 94.1 cm³/mol. The van der Waals surface area contributed by atoms with Gasteiger partial charge in [0, 0.05) is 11.8 Å². The number of aryl methyl sites for hydroxylation is 3. The highest BCUT2D eigenvalue weighted by Crippen LogP contribution is 2.25. The largest absolute Gasteiger partial charge is 0.490 e. The second-order valence-electron chi connectivity index (χ2n) is 6.32. The van der Waals surface area contributed by atoms with Crippen molar-refractivity contribution in [2.45, 2.75) is 40.3 Å². The van der Waals surface area contributed by atoms with Crippen LogP contribution in [-0.4, -0.2) is 37.0 Å². The van der Waals surface area contributed by atoms with Gasteiger partial charge in [0.2, 0.25) is 5.78 Å². The molecule has 0 saturated heterocycles. The van der Waals surface area contributed by atoms with E-state index in [9.17, 15) is 9.90 Å². The zero-order valence-electron chi connectivity index (χ0n) is 14.9. The molecular weight excluding hydrogens is 320 g/mol. The third-order valence-corrected chi connectivity index (χ3v) is 4.43. The van der Waals surface area contributed by atoms with E-state index in [0.29, 0.717) is 11.5 Å². The smallest absolute Gasteiger partial charge is 0.275 e. The number of hydrogen-bond donors (Lipinski definition) is 1. The van der Waals surface area contributed by atoms with Crippen molar-refractivity contribution in [3.63, 3.8) is 0 Å². The van der Waals surface area contributed by atoms with Crippen LogP contribution in [0.4, 0.5) is 0 Å². The molecule has 1 aromatic carbocycles. The number of aromatic nitrogens is 4. The van der Waals surface area contributed by atoms with Gasteiger partial charge in [0.05, 0.1) is 6.54 Å². The van der Waals surface area contributed by atoms with Crippen molar-refractivity contribution in [3.8, 4) is 5.75 Å². The van der Waals surface area contributed by atoms with Crippen LogP contribution < -0.4 is 10.3 Å². The lowest BCUT2D eigenvalue weighted by molar-refractivity contribution is 0.0918. The zero-order chi connectivity index (χ0) is 18.1. The predicted octanol–water partition coefficient (Wildman–Crippen LogP) is 1.56. The van der Waals surface area contributed by atoms with Gasteiger partial charge in [-0.1, -0.05) is 12.1 Å². The van der Waals surface area contributed by atoms with Crippen LogP contribution in [0.1, 0.15) is 22.4 Å². The highest BCUT2D eigenvalue weighted by atomic mass is 16.5. The molecule has 2 aromatic heterocycles. The molecule has 1 N–H and O–H groups in total. The SMILES string of the molecule is Cc1ccc(C)c(OC[C@@H](O)Cn2c(C)cc(=O)n3ncnc23)c1C. The van der Waals surface area contributed by atoms with Gasteiger partial charge in [-0.2, -0.15) is 14.6 Å². The molecule has 0 saturated carbocycles. The summed E-state index contributed by atoms with van der Waals surface area (Å²) in [6, 6.07) is 5.54. The van der Waals surface area contributed by atoms with Crippen molar-refractivity contribution in [1.82, 2.24) is 19.2 Å². The lowest BCUT2D eigenvalue weighted by Gasteiger charge is -2.19. The minimum atomic E-state index is -0.749. The fourth-order valence-electron chi connectivity index (χ4n) is 2.87. The van der Waals surface area contributed by atoms with Gasteiger partial charge in [-0.3, -0.25) is 4.79 Å². The highest BCUT2D eigenvalue weighted by molar-refractivity contribution is 5.44. The molecule has 7 heteroatoms. The maximum atomic E-state index is 11.9. The fraction of sp³-hybridized carbons (Fsp3) is 0.389. The van der Waals surface area contributed by atoms with Gasteiger partial charge in [0.15, 0.2) is 0 Å². The van der Waals surface area contributed by atoms with Gasteiger partial charge < -0.3 is 14.4 Å². The van der Waals surface area contributed by atoms with E-state index in [1.54, 1.807) is 11.5 Å². The summed E-state index contributed by atoms with van der Waals surface area (Å²) in [4.78, 5) is 16.0. The Labute approximate surface area is 145 Å². The Hall–Kier alpha value is -2.67. The van der Waals surface area contributed by atoms with Crippen molar-refractivity contribution in [2.24, 2.45) is 0 Å². The minimum Gasteiger partial charge on any atom is -0.490 e. The molecule has 0 aliphatic rings. The molecule has 0 fully saturated rings. The monoisotopic (exact) mass is 342 g/mol. The average Bonchev–Trinajstić information content (AvgIpc) is 3.05. The van der Waals surface area contributed by atoms with E-state index >= 15 is 0 Å². The number of fused-ring (bicyclic) bond motifs is 1. The molecule has 0 unspecified atom stereocenters. The van der Waals surface area contributed by atoms with Crippen LogP contribution in [-0.2, 0) is 6.54 Å². The summed E-state index contributed by atoms with van der Waals surface area (Å²) in [7, 11) is 0. The number of nitrogens with zero attached hydrogens (tertiary/aromatic N) is 4. The molecule has 132 valence electrons. The molecule has 0 bridgehead atoms. The number of aliphatic hydroxyl groups is 1. The number of benzene rings is 1. The van der Waals surface area contributed by atoms with Gasteiger partial charge in [-0.25, -0.2) is 0 Å². The molecule has 0 amide bonds. The van der Waals surface area contributed by atoms with E-state index in [0.717, 1.165) is 22.4 Å². The summed E-state index contributed by atoms with van der Waals surface area (Å²) in [6.45, 7) is 8.24. The molecule has 0 aliphatic carbocycles. The number of aliphatic hydroxyl groups excluding tert-OH is 1. The Morgan fingerprint density at radius 3 is 2.68 bits per heavy atom. The molecule has 0 radical (unpaired) electrons. The van der Waals surface area contributed by atoms with Crippen molar-refractivity contribution in [1.29, 1.82) is 0 Å². The Kier molecular flexibility index (Phi) is 4.59. The minimum absolute atomic E-state index is 0.150. The quantitative estimate of drug-likeness (QED) is 0.761. The molecule has 3 rings (SSSR count). The van der Waals surface area contributed by atoms with Crippen LogP contribution in [0.5, 0.6) is 5.75 Å². The van der Waals surface area contributed by atoms with Crippen LogP contribution in [0, 0.1) is 27.7 Å². The molecule has 3 aromatic rings. The van der Waals surface area contributed by atoms with E-state index in [2.05, 4.69) is 16.1 Å². The molecule has 25 heavy (non-hydrogen) atoms. The first-order chi connectivity index (χ1) is 11.9. The van der Waals surface area contributed by atoms with E-state index < -0.39 is 6.10 Å². The van der Waals surface area contributed by atoms with Gasteiger partial charge in [0.25, 0.3) is 5.56 Å². The Bertz CT molecular complexity index is 974. The van der Waals surface area contributed by atoms with Crippen LogP contribution in [0.15, 0.2) is 29.3 Å². The van der Waals surface area contributed by atoms with Crippen LogP contribution in [0.3, 0.4) is 0 Å². The fourth-order valence-corrected chi connectivity index (χ4v) is 2.87. The number of hydrogen-bond acceptors (Lipinski definition) is 5. The van der Waals surface area contributed by atoms with Gasteiger partial charge in [-0.05, 0) is 44.4 Å². The van der Waals surface area contributed by atoms with E-state index in [4.69, 9.17) is 4.74 Å². The Morgan fingerprint density at radius 2 is 1.92 bits per heavy atom. The van der Waals surface area contributed by atoms with Gasteiger partial charge >= 0.3 is 0 Å². The molecule has 1 atom stereocenters. The van der Waals surface area contributed by atoms with Crippen molar-refractivity contribution in [2.75, 3.05) is 6.61 Å². The second-order valence-corrected chi connectivity index (χ2v) is 6.32. The molecule has 0 aliphatic heterocycles. The number of rotatable bonds is 5. The van der Waals surface area contributed by atoms with Crippen LogP contribution in [0.25, 0.3) is 5.78 Å². The van der Waals surface area contributed by atoms with Crippen molar-refractivity contribution >= 4 is 5.78 Å². The summed E-state index contributed by atoms with van der Waals surface area (Å²) < 4.78 is 8.85. The lowest BCUT2D eigenvalue weighted by Crippen LogP contribution is -2.28. The first-order valence-electron chi connectivity index (χ1n) is 8.16. The van der Waals surface area contributed by atoms with E-state index in [1.165, 1.54) is 16.9 Å². The van der Waals surface area contributed by atoms with Crippen molar-refractivity contribution < 1.29 is 9.84 Å². The number of ether oxygens (including phenoxy) is 1. The summed E-state index contributed by atoms with van der Waals surface area (Å²) in [6.07, 6.45) is 0.579. The molecule has 0 spiro atoms. The summed E-state index contributed by atoms with van der Waals surface area (Å²) in [5, 5.41) is 14.3. The van der Waals surface area contributed by atoms with Crippen LogP contribution in [0.2, 0.25) is 0 Å². The lowest BCUT2D eigenvalue weighted by atomic mass is 10.1.